The van der Waals surface area contributed by atoms with Crippen LogP contribution in [0.4, 0.5) is 4.39 Å². The first-order chi connectivity index (χ1) is 12.9. The molecule has 0 amide bonds. The molecule has 1 N–H and O–H groups in total. The second-order valence-corrected chi connectivity index (χ2v) is 7.69. The topological polar surface area (TPSA) is 46.5 Å². The number of hydrogen-bond donors (Lipinski definition) is 1. The van der Waals surface area contributed by atoms with Crippen molar-refractivity contribution in [2.45, 2.75) is 32.1 Å². The van der Waals surface area contributed by atoms with E-state index in [1.165, 1.54) is 17.0 Å². The number of aryl methyl sites for hydroxylation is 1. The van der Waals surface area contributed by atoms with Crippen LogP contribution in [0.1, 0.15) is 23.6 Å². The van der Waals surface area contributed by atoms with Gasteiger partial charge in [0.2, 0.25) is 0 Å². The summed E-state index contributed by atoms with van der Waals surface area (Å²) in [7, 11) is 0. The van der Waals surface area contributed by atoms with Crippen LogP contribution in [0.25, 0.3) is 10.8 Å². The lowest BCUT2D eigenvalue weighted by Gasteiger charge is -2.16. The van der Waals surface area contributed by atoms with Gasteiger partial charge in [-0.3, -0.25) is 4.79 Å². The maximum Gasteiger partial charge on any atom is 0.307 e. The van der Waals surface area contributed by atoms with Crippen LogP contribution in [0, 0.1) is 19.7 Å². The van der Waals surface area contributed by atoms with Crippen LogP contribution in [0.2, 0.25) is 0 Å². The first-order valence-corrected chi connectivity index (χ1v) is 9.72. The highest BCUT2D eigenvalue weighted by atomic mass is 32.2. The lowest BCUT2D eigenvalue weighted by Crippen LogP contribution is -2.04. The third-order valence-corrected chi connectivity index (χ3v) is 5.48. The normalized spacial score (nSPS) is 11.0. The molecule has 3 aromatic carbocycles. The monoisotopic (exact) mass is 384 g/mol. The molecule has 140 valence electrons. The number of hydrogen-bond acceptors (Lipinski definition) is 3. The number of halogens is 1. The molecule has 0 spiro atoms. The van der Waals surface area contributed by atoms with Crippen LogP contribution in [0.5, 0.6) is 11.5 Å². The minimum Gasteiger partial charge on any atom is -0.481 e. The molecule has 3 aromatic rings. The summed E-state index contributed by atoms with van der Waals surface area (Å²) >= 11 is 1.76. The summed E-state index contributed by atoms with van der Waals surface area (Å²) in [6, 6.07) is 12.1. The molecule has 0 unspecified atom stereocenters. The fourth-order valence-corrected chi connectivity index (χ4v) is 3.86. The van der Waals surface area contributed by atoms with Crippen LogP contribution in [0.3, 0.4) is 0 Å². The molecule has 27 heavy (non-hydrogen) atoms. The number of fused-ring (bicyclic) bond motifs is 1. The van der Waals surface area contributed by atoms with Crippen molar-refractivity contribution < 1.29 is 19.0 Å². The highest BCUT2D eigenvalue weighted by Gasteiger charge is 2.15. The molecule has 0 aliphatic rings. The molecular weight excluding hydrogens is 363 g/mol. The fraction of sp³-hybridized carbons (Fsp3) is 0.227. The summed E-state index contributed by atoms with van der Waals surface area (Å²) in [5.74, 6) is 0.861. The number of carbonyl (C=O) groups is 1. The molecule has 0 aliphatic heterocycles. The Morgan fingerprint density at radius 3 is 2.59 bits per heavy atom. The van der Waals surface area contributed by atoms with E-state index in [9.17, 15) is 14.3 Å². The number of aliphatic carboxylic acids is 1. The van der Waals surface area contributed by atoms with Gasteiger partial charge in [0.15, 0.2) is 0 Å². The lowest BCUT2D eigenvalue weighted by molar-refractivity contribution is -0.136. The minimum absolute atomic E-state index is 0.111. The SMILES string of the molecule is CCSc1ccc(Oc2c(C)c(CC(=O)O)cc3ccc(F)cc23)cc1C. The van der Waals surface area contributed by atoms with Gasteiger partial charge in [0.25, 0.3) is 0 Å². The molecule has 0 fully saturated rings. The quantitative estimate of drug-likeness (QED) is 0.520. The molecule has 0 heterocycles. The highest BCUT2D eigenvalue weighted by molar-refractivity contribution is 7.99. The Labute approximate surface area is 162 Å². The molecule has 3 nitrogen and oxygen atoms in total. The predicted octanol–water partition coefficient (Wildman–Crippen LogP) is 6.13. The van der Waals surface area contributed by atoms with Gasteiger partial charge < -0.3 is 9.84 Å². The number of benzene rings is 3. The fourth-order valence-electron chi connectivity index (χ4n) is 3.09. The second kappa shape index (κ2) is 8.01. The molecule has 0 aromatic heterocycles. The Morgan fingerprint density at radius 1 is 1.15 bits per heavy atom. The molecule has 5 heteroatoms. The Hall–Kier alpha value is -2.53. The van der Waals surface area contributed by atoms with Crippen LogP contribution in [-0.2, 0) is 11.2 Å². The standard InChI is InChI=1S/C22H21FO3S/c1-4-27-20-8-7-18(9-13(20)2)26-22-14(3)16(11-21(24)25)10-15-5-6-17(23)12-19(15)22/h5-10,12H,4,11H2,1-3H3,(H,24,25). The van der Waals surface area contributed by atoms with Gasteiger partial charge in [-0.1, -0.05) is 19.1 Å². The van der Waals surface area contributed by atoms with Gasteiger partial charge in [0, 0.05) is 10.3 Å². The number of carboxylic acid groups (broad SMARTS) is 1. The summed E-state index contributed by atoms with van der Waals surface area (Å²) in [6.45, 7) is 5.94. The third-order valence-electron chi connectivity index (χ3n) is 4.42. The van der Waals surface area contributed by atoms with Crippen LogP contribution >= 0.6 is 11.8 Å². The van der Waals surface area contributed by atoms with Crippen molar-refractivity contribution in [2.24, 2.45) is 0 Å². The van der Waals surface area contributed by atoms with E-state index in [1.807, 2.05) is 32.0 Å². The number of thioether (sulfide) groups is 1. The number of rotatable bonds is 6. The van der Waals surface area contributed by atoms with Crippen molar-refractivity contribution in [3.63, 3.8) is 0 Å². The summed E-state index contributed by atoms with van der Waals surface area (Å²) < 4.78 is 20.0. The molecule has 0 radical (unpaired) electrons. The largest absolute Gasteiger partial charge is 0.481 e. The summed E-state index contributed by atoms with van der Waals surface area (Å²) in [5.41, 5.74) is 2.47. The minimum atomic E-state index is -0.915. The Morgan fingerprint density at radius 2 is 1.93 bits per heavy atom. The molecule has 0 saturated carbocycles. The van der Waals surface area contributed by atoms with Gasteiger partial charge in [-0.05, 0) is 72.0 Å². The van der Waals surface area contributed by atoms with Crippen molar-refractivity contribution in [1.82, 2.24) is 0 Å². The van der Waals surface area contributed by atoms with Gasteiger partial charge in [0.1, 0.15) is 17.3 Å². The summed E-state index contributed by atoms with van der Waals surface area (Å²) in [4.78, 5) is 12.4. The Kier molecular flexibility index (Phi) is 5.71. The molecule has 3 rings (SSSR count). The number of ether oxygens (including phenoxy) is 1. The molecule has 0 bridgehead atoms. The van der Waals surface area contributed by atoms with Gasteiger partial charge >= 0.3 is 5.97 Å². The van der Waals surface area contributed by atoms with Gasteiger partial charge in [-0.25, -0.2) is 4.39 Å². The molecule has 0 aliphatic carbocycles. The zero-order chi connectivity index (χ0) is 19.6. The first-order valence-electron chi connectivity index (χ1n) is 8.74. The van der Waals surface area contributed by atoms with Crippen LogP contribution < -0.4 is 4.74 Å². The maximum atomic E-state index is 13.8. The zero-order valence-corrected chi connectivity index (χ0v) is 16.3. The third kappa shape index (κ3) is 4.25. The zero-order valence-electron chi connectivity index (χ0n) is 15.5. The molecule has 0 atom stereocenters. The van der Waals surface area contributed by atoms with E-state index in [0.29, 0.717) is 28.0 Å². The average Bonchev–Trinajstić information content (AvgIpc) is 2.61. The predicted molar refractivity (Wildman–Crippen MR) is 108 cm³/mol. The van der Waals surface area contributed by atoms with Gasteiger partial charge in [-0.15, -0.1) is 11.8 Å². The Bertz CT molecular complexity index is 1010. The summed E-state index contributed by atoms with van der Waals surface area (Å²) in [5, 5.41) is 10.6. The van der Waals surface area contributed by atoms with Crippen molar-refractivity contribution in [3.05, 3.63) is 65.0 Å². The van der Waals surface area contributed by atoms with Crippen molar-refractivity contribution in [1.29, 1.82) is 0 Å². The van der Waals surface area contributed by atoms with E-state index in [4.69, 9.17) is 4.74 Å². The summed E-state index contributed by atoms with van der Waals surface area (Å²) in [6.07, 6.45) is -0.111. The first kappa shape index (κ1) is 19.2. The smallest absolute Gasteiger partial charge is 0.307 e. The molecule has 0 saturated heterocycles. The highest BCUT2D eigenvalue weighted by Crippen LogP contribution is 2.37. The van der Waals surface area contributed by atoms with Crippen molar-refractivity contribution in [2.75, 3.05) is 5.75 Å². The van der Waals surface area contributed by atoms with Crippen molar-refractivity contribution >= 4 is 28.5 Å². The van der Waals surface area contributed by atoms with E-state index >= 15 is 0 Å². The number of carboxylic acids is 1. The van der Waals surface area contributed by atoms with Crippen LogP contribution in [-0.4, -0.2) is 16.8 Å². The van der Waals surface area contributed by atoms with Gasteiger partial charge in [0.05, 0.1) is 6.42 Å². The van der Waals surface area contributed by atoms with E-state index in [0.717, 1.165) is 16.7 Å². The van der Waals surface area contributed by atoms with Crippen LogP contribution in [0.15, 0.2) is 47.4 Å². The van der Waals surface area contributed by atoms with E-state index in [2.05, 4.69) is 6.92 Å². The van der Waals surface area contributed by atoms with E-state index in [1.54, 1.807) is 23.9 Å². The molecular formula is C22H21FO3S. The average molecular weight is 384 g/mol. The van der Waals surface area contributed by atoms with E-state index < -0.39 is 5.97 Å². The van der Waals surface area contributed by atoms with Gasteiger partial charge in [-0.2, -0.15) is 0 Å². The second-order valence-electron chi connectivity index (χ2n) is 6.39. The Balaban J connectivity index is 2.11. The van der Waals surface area contributed by atoms with Crippen molar-refractivity contribution in [3.8, 4) is 11.5 Å². The maximum absolute atomic E-state index is 13.8. The van der Waals surface area contributed by atoms with E-state index in [-0.39, 0.29) is 12.2 Å². The lowest BCUT2D eigenvalue weighted by atomic mass is 9.98.